The summed E-state index contributed by atoms with van der Waals surface area (Å²) in [7, 11) is 3.57. The smallest absolute Gasteiger partial charge is 0.228 e. The Kier molecular flexibility index (Phi) is 4.55. The van der Waals surface area contributed by atoms with Crippen molar-refractivity contribution in [2.24, 2.45) is 0 Å². The Morgan fingerprint density at radius 3 is 3.00 bits per heavy atom. The predicted molar refractivity (Wildman–Crippen MR) is 52.1 cm³/mol. The van der Waals surface area contributed by atoms with E-state index in [1.54, 1.807) is 7.11 Å². The molecule has 1 atom stereocenters. The second-order valence-electron chi connectivity index (χ2n) is 3.24. The summed E-state index contributed by atoms with van der Waals surface area (Å²) in [5, 5.41) is 6.99. The van der Waals surface area contributed by atoms with Crippen LogP contribution in [0.1, 0.15) is 18.6 Å². The molecule has 1 heterocycles. The van der Waals surface area contributed by atoms with Crippen LogP contribution in [0.2, 0.25) is 0 Å². The lowest BCUT2D eigenvalue weighted by Gasteiger charge is -2.04. The highest BCUT2D eigenvalue weighted by molar-refractivity contribution is 4.89. The molecule has 1 aromatic rings. The molecule has 1 N–H and O–H groups in total. The van der Waals surface area contributed by atoms with Crippen molar-refractivity contribution in [3.63, 3.8) is 0 Å². The summed E-state index contributed by atoms with van der Waals surface area (Å²) in [5.74, 6) is 1.39. The van der Waals surface area contributed by atoms with Crippen molar-refractivity contribution < 1.29 is 9.26 Å². The van der Waals surface area contributed by atoms with Crippen molar-refractivity contribution >= 4 is 0 Å². The first-order valence-electron chi connectivity index (χ1n) is 4.74. The maximum Gasteiger partial charge on any atom is 0.228 e. The molecule has 1 aromatic heterocycles. The van der Waals surface area contributed by atoms with E-state index in [1.165, 1.54) is 0 Å². The van der Waals surface area contributed by atoms with Crippen molar-refractivity contribution in [3.8, 4) is 0 Å². The average molecular weight is 199 g/mol. The fourth-order valence-corrected chi connectivity index (χ4v) is 1.04. The van der Waals surface area contributed by atoms with Crippen LogP contribution in [0, 0.1) is 0 Å². The summed E-state index contributed by atoms with van der Waals surface area (Å²) in [6.45, 7) is 2.69. The minimum atomic E-state index is 0.364. The van der Waals surface area contributed by atoms with E-state index >= 15 is 0 Å². The molecule has 0 radical (unpaired) electrons. The molecule has 0 bridgehead atoms. The van der Waals surface area contributed by atoms with Crippen LogP contribution in [0.4, 0.5) is 0 Å². The van der Waals surface area contributed by atoms with Crippen LogP contribution in [0.25, 0.3) is 0 Å². The quantitative estimate of drug-likeness (QED) is 0.719. The van der Waals surface area contributed by atoms with Gasteiger partial charge >= 0.3 is 0 Å². The maximum absolute atomic E-state index is 5.04. The fraction of sp³-hybridized carbons (Fsp3) is 0.778. The first kappa shape index (κ1) is 11.1. The van der Waals surface area contributed by atoms with Crippen LogP contribution >= 0.6 is 0 Å². The SMILES string of the molecule is CNC(C)Cc1noc(CCOC)n1. The molecule has 1 unspecified atom stereocenters. The zero-order valence-electron chi connectivity index (χ0n) is 8.91. The molecule has 0 saturated heterocycles. The minimum Gasteiger partial charge on any atom is -0.384 e. The van der Waals surface area contributed by atoms with E-state index < -0.39 is 0 Å². The van der Waals surface area contributed by atoms with Gasteiger partial charge in [-0.15, -0.1) is 0 Å². The summed E-state index contributed by atoms with van der Waals surface area (Å²) in [6, 6.07) is 0.364. The van der Waals surface area contributed by atoms with E-state index in [-0.39, 0.29) is 0 Å². The first-order chi connectivity index (χ1) is 6.76. The Hall–Kier alpha value is -0.940. The standard InChI is InChI=1S/C9H17N3O2/c1-7(10-2)6-8-11-9(14-12-8)4-5-13-3/h7,10H,4-6H2,1-3H3. The van der Waals surface area contributed by atoms with Gasteiger partial charge in [0.05, 0.1) is 13.0 Å². The Balaban J connectivity index is 2.42. The molecule has 5 heteroatoms. The largest absolute Gasteiger partial charge is 0.384 e. The molecule has 0 aliphatic heterocycles. The molecular weight excluding hydrogens is 182 g/mol. The Labute approximate surface area is 83.8 Å². The van der Waals surface area contributed by atoms with Crippen molar-refractivity contribution in [1.82, 2.24) is 15.5 Å². The molecule has 0 spiro atoms. The number of methoxy groups -OCH3 is 1. The van der Waals surface area contributed by atoms with Crippen molar-refractivity contribution in [2.45, 2.75) is 25.8 Å². The molecule has 1 rings (SSSR count). The van der Waals surface area contributed by atoms with E-state index in [1.807, 2.05) is 7.05 Å². The molecule has 0 aliphatic rings. The van der Waals surface area contributed by atoms with Crippen LogP contribution in [-0.2, 0) is 17.6 Å². The summed E-state index contributed by atoms with van der Waals surface area (Å²) < 4.78 is 9.96. The van der Waals surface area contributed by atoms with Gasteiger partial charge in [0.2, 0.25) is 5.89 Å². The molecule has 0 amide bonds. The molecule has 14 heavy (non-hydrogen) atoms. The summed E-state index contributed by atoms with van der Waals surface area (Å²) in [6.07, 6.45) is 1.46. The molecule has 0 aromatic carbocycles. The third-order valence-corrected chi connectivity index (χ3v) is 2.01. The molecule has 80 valence electrons. The molecular formula is C9H17N3O2. The second kappa shape index (κ2) is 5.72. The average Bonchev–Trinajstić information content (AvgIpc) is 2.62. The lowest BCUT2D eigenvalue weighted by atomic mass is 10.2. The number of nitrogens with one attached hydrogen (secondary N) is 1. The first-order valence-corrected chi connectivity index (χ1v) is 4.74. The Morgan fingerprint density at radius 1 is 1.57 bits per heavy atom. The minimum absolute atomic E-state index is 0.364. The van der Waals surface area contributed by atoms with Gasteiger partial charge < -0.3 is 14.6 Å². The van der Waals surface area contributed by atoms with Gasteiger partial charge in [0, 0.05) is 19.6 Å². The molecule has 5 nitrogen and oxygen atoms in total. The van der Waals surface area contributed by atoms with Crippen molar-refractivity contribution in [1.29, 1.82) is 0 Å². The molecule has 0 fully saturated rings. The van der Waals surface area contributed by atoms with Gasteiger partial charge in [0.1, 0.15) is 0 Å². The van der Waals surface area contributed by atoms with Gasteiger partial charge in [-0.3, -0.25) is 0 Å². The third-order valence-electron chi connectivity index (χ3n) is 2.01. The summed E-state index contributed by atoms with van der Waals surface area (Å²) >= 11 is 0. The fourth-order valence-electron chi connectivity index (χ4n) is 1.04. The van der Waals surface area contributed by atoms with E-state index in [2.05, 4.69) is 22.4 Å². The van der Waals surface area contributed by atoms with Crippen LogP contribution in [0.15, 0.2) is 4.52 Å². The van der Waals surface area contributed by atoms with Gasteiger partial charge in [-0.2, -0.15) is 4.98 Å². The number of likely N-dealkylation sites (N-methyl/N-ethyl adjacent to an activating group) is 1. The van der Waals surface area contributed by atoms with E-state index in [0.29, 0.717) is 25.0 Å². The van der Waals surface area contributed by atoms with Gasteiger partial charge in [-0.05, 0) is 14.0 Å². The van der Waals surface area contributed by atoms with E-state index in [4.69, 9.17) is 9.26 Å². The van der Waals surface area contributed by atoms with E-state index in [0.717, 1.165) is 12.2 Å². The van der Waals surface area contributed by atoms with E-state index in [9.17, 15) is 0 Å². The number of ether oxygens (including phenoxy) is 1. The van der Waals surface area contributed by atoms with Crippen LogP contribution < -0.4 is 5.32 Å². The summed E-state index contributed by atoms with van der Waals surface area (Å²) in [5.41, 5.74) is 0. The number of hydrogen-bond donors (Lipinski definition) is 1. The van der Waals surface area contributed by atoms with Crippen LogP contribution in [0.3, 0.4) is 0 Å². The zero-order chi connectivity index (χ0) is 10.4. The number of hydrogen-bond acceptors (Lipinski definition) is 5. The van der Waals surface area contributed by atoms with Crippen LogP contribution in [-0.4, -0.2) is 36.9 Å². The van der Waals surface area contributed by atoms with Gasteiger partial charge in [0.15, 0.2) is 5.82 Å². The van der Waals surface area contributed by atoms with Crippen molar-refractivity contribution in [3.05, 3.63) is 11.7 Å². The maximum atomic E-state index is 5.04. The lowest BCUT2D eigenvalue weighted by Crippen LogP contribution is -2.24. The number of rotatable bonds is 6. The topological polar surface area (TPSA) is 60.2 Å². The van der Waals surface area contributed by atoms with Crippen LogP contribution in [0.5, 0.6) is 0 Å². The highest BCUT2D eigenvalue weighted by Gasteiger charge is 2.08. The van der Waals surface area contributed by atoms with Gasteiger partial charge in [-0.25, -0.2) is 0 Å². The van der Waals surface area contributed by atoms with Gasteiger partial charge in [0.25, 0.3) is 0 Å². The molecule has 0 aliphatic carbocycles. The normalized spacial score (nSPS) is 13.1. The predicted octanol–water partition coefficient (Wildman–Crippen LogP) is 0.409. The Morgan fingerprint density at radius 2 is 2.36 bits per heavy atom. The molecule has 0 saturated carbocycles. The zero-order valence-corrected chi connectivity index (χ0v) is 8.91. The third kappa shape index (κ3) is 3.43. The Bertz CT molecular complexity index is 262. The van der Waals surface area contributed by atoms with Crippen molar-refractivity contribution in [2.75, 3.05) is 20.8 Å². The monoisotopic (exact) mass is 199 g/mol. The number of aromatic nitrogens is 2. The van der Waals surface area contributed by atoms with Gasteiger partial charge in [-0.1, -0.05) is 5.16 Å². The lowest BCUT2D eigenvalue weighted by molar-refractivity contribution is 0.192. The second-order valence-corrected chi connectivity index (χ2v) is 3.24. The highest BCUT2D eigenvalue weighted by atomic mass is 16.5. The summed E-state index contributed by atoms with van der Waals surface area (Å²) in [4.78, 5) is 4.24. The highest BCUT2D eigenvalue weighted by Crippen LogP contribution is 2.01. The number of nitrogens with zero attached hydrogens (tertiary/aromatic N) is 2.